The molecule has 0 radical (unpaired) electrons. The van der Waals surface area contributed by atoms with Gasteiger partial charge in [0.25, 0.3) is 5.69 Å². The zero-order valence-electron chi connectivity index (χ0n) is 19.0. The van der Waals surface area contributed by atoms with E-state index in [9.17, 15) is 24.5 Å². The number of amides is 4. The molecular formula is C23H27N5O6. The summed E-state index contributed by atoms with van der Waals surface area (Å²) in [5, 5.41) is 18.8. The molecule has 0 aliphatic carbocycles. The number of likely N-dealkylation sites (tertiary alicyclic amines) is 1. The van der Waals surface area contributed by atoms with Crippen LogP contribution in [0.2, 0.25) is 0 Å². The number of ether oxygens (including phenoxy) is 1. The predicted octanol–water partition coefficient (Wildman–Crippen LogP) is 2.91. The van der Waals surface area contributed by atoms with Crippen molar-refractivity contribution in [3.63, 3.8) is 0 Å². The Hall–Kier alpha value is -4.15. The van der Waals surface area contributed by atoms with Crippen LogP contribution < -0.4 is 20.7 Å². The summed E-state index contributed by atoms with van der Waals surface area (Å²) in [5.41, 5.74) is 1.23. The minimum Gasteiger partial charge on any atom is -0.495 e. The molecule has 11 nitrogen and oxygen atoms in total. The molecule has 0 unspecified atom stereocenters. The average Bonchev–Trinajstić information content (AvgIpc) is 2.84. The van der Waals surface area contributed by atoms with Gasteiger partial charge in [-0.25, -0.2) is 4.79 Å². The van der Waals surface area contributed by atoms with Gasteiger partial charge in [0.2, 0.25) is 0 Å². The number of nitro benzene ring substituents is 1. The van der Waals surface area contributed by atoms with Gasteiger partial charge in [0, 0.05) is 31.8 Å². The van der Waals surface area contributed by atoms with Crippen LogP contribution in [0.4, 0.5) is 21.9 Å². The van der Waals surface area contributed by atoms with Gasteiger partial charge in [-0.05, 0) is 43.4 Å². The first-order valence-corrected chi connectivity index (χ1v) is 10.8. The summed E-state index contributed by atoms with van der Waals surface area (Å²) >= 11 is 0. The number of para-hydroxylation sites is 2. The van der Waals surface area contributed by atoms with Crippen LogP contribution in [0, 0.1) is 23.0 Å². The van der Waals surface area contributed by atoms with Crippen LogP contribution in [0.5, 0.6) is 5.75 Å². The Balaban J connectivity index is 1.44. The van der Waals surface area contributed by atoms with E-state index in [4.69, 9.17) is 4.74 Å². The van der Waals surface area contributed by atoms with Gasteiger partial charge in [0.05, 0.1) is 23.4 Å². The number of methoxy groups -OCH3 is 1. The van der Waals surface area contributed by atoms with Gasteiger partial charge in [0.15, 0.2) is 0 Å². The Morgan fingerprint density at radius 3 is 2.44 bits per heavy atom. The fraction of sp³-hybridized carbons (Fsp3) is 0.348. The third-order valence-corrected chi connectivity index (χ3v) is 5.69. The molecule has 3 N–H and O–H groups in total. The van der Waals surface area contributed by atoms with E-state index in [1.165, 1.54) is 25.3 Å². The Morgan fingerprint density at radius 1 is 1.06 bits per heavy atom. The molecular weight excluding hydrogens is 442 g/mol. The van der Waals surface area contributed by atoms with Crippen molar-refractivity contribution in [2.75, 3.05) is 37.4 Å². The van der Waals surface area contributed by atoms with Crippen molar-refractivity contribution >= 4 is 34.9 Å². The van der Waals surface area contributed by atoms with Gasteiger partial charge in [-0.15, -0.1) is 0 Å². The lowest BCUT2D eigenvalue weighted by Crippen LogP contribution is -2.44. The smallest absolute Gasteiger partial charge is 0.321 e. The highest BCUT2D eigenvalue weighted by Crippen LogP contribution is 2.25. The first kappa shape index (κ1) is 24.5. The number of piperidine rings is 1. The van der Waals surface area contributed by atoms with Gasteiger partial charge < -0.3 is 25.6 Å². The predicted molar refractivity (Wildman–Crippen MR) is 126 cm³/mol. The van der Waals surface area contributed by atoms with E-state index >= 15 is 0 Å². The summed E-state index contributed by atoms with van der Waals surface area (Å²) in [6.07, 6.45) is 1.34. The third kappa shape index (κ3) is 6.21. The van der Waals surface area contributed by atoms with Crippen LogP contribution in [0.25, 0.3) is 0 Å². The van der Waals surface area contributed by atoms with Crippen molar-refractivity contribution in [2.45, 2.75) is 19.8 Å². The van der Waals surface area contributed by atoms with Crippen molar-refractivity contribution in [3.05, 3.63) is 58.1 Å². The largest absolute Gasteiger partial charge is 0.495 e. The topological polar surface area (TPSA) is 143 Å². The molecule has 1 fully saturated rings. The van der Waals surface area contributed by atoms with Gasteiger partial charge in [-0.3, -0.25) is 19.7 Å². The summed E-state index contributed by atoms with van der Waals surface area (Å²) < 4.78 is 5.25. The zero-order chi connectivity index (χ0) is 24.7. The lowest BCUT2D eigenvalue weighted by molar-refractivity contribution is -0.384. The quantitative estimate of drug-likeness (QED) is 0.337. The molecule has 2 aromatic carbocycles. The molecule has 1 aliphatic heterocycles. The Labute approximate surface area is 196 Å². The van der Waals surface area contributed by atoms with Crippen LogP contribution >= 0.6 is 0 Å². The molecule has 180 valence electrons. The van der Waals surface area contributed by atoms with E-state index in [1.807, 2.05) is 12.1 Å². The number of nitro groups is 1. The van der Waals surface area contributed by atoms with Gasteiger partial charge in [0.1, 0.15) is 5.75 Å². The number of anilines is 2. The molecule has 3 rings (SSSR count). The number of nitrogens with one attached hydrogen (secondary N) is 3. The maximum Gasteiger partial charge on any atom is 0.321 e. The zero-order valence-corrected chi connectivity index (χ0v) is 19.0. The van der Waals surface area contributed by atoms with Crippen molar-refractivity contribution < 1.29 is 24.0 Å². The maximum absolute atomic E-state index is 12.6. The number of hydrogen-bond donors (Lipinski definition) is 3. The fourth-order valence-electron chi connectivity index (χ4n) is 3.64. The van der Waals surface area contributed by atoms with Crippen LogP contribution in [0.3, 0.4) is 0 Å². The van der Waals surface area contributed by atoms with Crippen LogP contribution in [0.15, 0.2) is 42.5 Å². The van der Waals surface area contributed by atoms with Crippen LogP contribution in [-0.4, -0.2) is 54.4 Å². The number of nitrogens with zero attached hydrogens (tertiary/aromatic N) is 2. The number of non-ortho nitro benzene ring substituents is 1. The first-order chi connectivity index (χ1) is 16.3. The van der Waals surface area contributed by atoms with E-state index in [0.29, 0.717) is 49.5 Å². The van der Waals surface area contributed by atoms with E-state index < -0.39 is 16.7 Å². The molecule has 0 saturated carbocycles. The molecule has 0 spiro atoms. The second-order valence-electron chi connectivity index (χ2n) is 7.98. The molecule has 0 atom stereocenters. The lowest BCUT2D eigenvalue weighted by atomic mass is 9.97. The number of aryl methyl sites for hydroxylation is 1. The highest BCUT2D eigenvalue weighted by atomic mass is 16.6. The normalized spacial score (nSPS) is 13.6. The van der Waals surface area contributed by atoms with Crippen molar-refractivity contribution in [1.29, 1.82) is 0 Å². The molecule has 1 saturated heterocycles. The van der Waals surface area contributed by atoms with Crippen LogP contribution in [0.1, 0.15) is 18.4 Å². The number of hydrogen-bond acceptors (Lipinski definition) is 6. The molecule has 34 heavy (non-hydrogen) atoms. The molecule has 11 heteroatoms. The number of urea groups is 1. The minimum absolute atomic E-state index is 0.117. The highest BCUT2D eigenvalue weighted by Gasteiger charge is 2.25. The number of carbonyl (C=O) groups excluding carboxylic acids is 3. The molecule has 0 aromatic heterocycles. The summed E-state index contributed by atoms with van der Waals surface area (Å²) in [4.78, 5) is 49.0. The number of carbonyl (C=O) groups is 3. The monoisotopic (exact) mass is 469 g/mol. The fourth-order valence-corrected chi connectivity index (χ4v) is 3.64. The minimum atomic E-state index is -0.891. The standard InChI is InChI=1S/C23H27N5O6/c1-15-7-8-17(28(32)33)13-19(15)25-22(30)21(29)24-14-16-9-11-27(12-10-16)23(31)26-18-5-3-4-6-20(18)34-2/h3-8,13,16H,9-12,14H2,1-2H3,(H,24,29)(H,25,30)(H,26,31). The average molecular weight is 469 g/mol. The second kappa shape index (κ2) is 11.1. The highest BCUT2D eigenvalue weighted by molar-refractivity contribution is 6.39. The summed E-state index contributed by atoms with van der Waals surface area (Å²) in [7, 11) is 1.54. The van der Waals surface area contributed by atoms with E-state index in [2.05, 4.69) is 16.0 Å². The molecule has 1 aliphatic rings. The van der Waals surface area contributed by atoms with Crippen LogP contribution in [-0.2, 0) is 9.59 Å². The van der Waals surface area contributed by atoms with E-state index in [1.54, 1.807) is 24.0 Å². The summed E-state index contributed by atoms with van der Waals surface area (Å²) in [6, 6.07) is 11.0. The molecule has 0 bridgehead atoms. The lowest BCUT2D eigenvalue weighted by Gasteiger charge is -2.32. The van der Waals surface area contributed by atoms with Gasteiger partial charge in [-0.2, -0.15) is 0 Å². The van der Waals surface area contributed by atoms with E-state index in [0.717, 1.165) is 0 Å². The van der Waals surface area contributed by atoms with Crippen molar-refractivity contribution in [3.8, 4) is 5.75 Å². The SMILES string of the molecule is COc1ccccc1NC(=O)N1CCC(CNC(=O)C(=O)Nc2cc([N+](=O)[O-])ccc2C)CC1. The second-order valence-corrected chi connectivity index (χ2v) is 7.98. The number of rotatable bonds is 6. The molecule has 4 amide bonds. The van der Waals surface area contributed by atoms with E-state index in [-0.39, 0.29) is 23.3 Å². The summed E-state index contributed by atoms with van der Waals surface area (Å²) in [6.45, 7) is 3.00. The Morgan fingerprint density at radius 2 is 1.76 bits per heavy atom. The van der Waals surface area contributed by atoms with Crippen molar-refractivity contribution in [2.24, 2.45) is 5.92 Å². The first-order valence-electron chi connectivity index (χ1n) is 10.8. The molecule has 2 aromatic rings. The Bertz CT molecular complexity index is 1080. The third-order valence-electron chi connectivity index (χ3n) is 5.69. The number of benzene rings is 2. The maximum atomic E-state index is 12.6. The van der Waals surface area contributed by atoms with Gasteiger partial charge in [-0.1, -0.05) is 18.2 Å². The summed E-state index contributed by atoms with van der Waals surface area (Å²) in [5.74, 6) is -1.02. The Kier molecular flexibility index (Phi) is 8.01. The van der Waals surface area contributed by atoms with Crippen molar-refractivity contribution in [1.82, 2.24) is 10.2 Å². The molecule has 1 heterocycles. The van der Waals surface area contributed by atoms with Gasteiger partial charge >= 0.3 is 17.8 Å².